The summed E-state index contributed by atoms with van der Waals surface area (Å²) in [6, 6.07) is 6.44. The number of aryl methyl sites for hydroxylation is 1. The molecule has 0 aliphatic carbocycles. The van der Waals surface area contributed by atoms with E-state index in [0.717, 1.165) is 12.0 Å². The molecule has 8 nitrogen and oxygen atoms in total. The van der Waals surface area contributed by atoms with Gasteiger partial charge in [-0.3, -0.25) is 18.8 Å². The highest BCUT2D eigenvalue weighted by atomic mass is 19.1. The third-order valence-corrected chi connectivity index (χ3v) is 4.78. The van der Waals surface area contributed by atoms with Crippen LogP contribution in [0.25, 0.3) is 22.5 Å². The first-order chi connectivity index (χ1) is 14.6. The van der Waals surface area contributed by atoms with Crippen molar-refractivity contribution in [3.8, 4) is 0 Å². The zero-order valence-electron chi connectivity index (χ0n) is 16.5. The van der Waals surface area contributed by atoms with Crippen LogP contribution in [0, 0.1) is 5.82 Å². The number of imidazole rings is 2. The molecule has 0 fully saturated rings. The fraction of sp³-hybridized carbons (Fsp3) is 0.238. The van der Waals surface area contributed by atoms with Crippen molar-refractivity contribution in [2.75, 3.05) is 6.54 Å². The summed E-state index contributed by atoms with van der Waals surface area (Å²) in [5.74, 6) is 0.735. The van der Waals surface area contributed by atoms with Crippen molar-refractivity contribution in [1.29, 1.82) is 0 Å². The van der Waals surface area contributed by atoms with Crippen LogP contribution in [0.15, 0.2) is 52.6 Å². The Morgan fingerprint density at radius 2 is 2.27 bits per heavy atom. The molecule has 4 rings (SSSR count). The molecule has 0 radical (unpaired) electrons. The van der Waals surface area contributed by atoms with Gasteiger partial charge < -0.3 is 10.7 Å². The van der Waals surface area contributed by atoms with E-state index >= 15 is 0 Å². The van der Waals surface area contributed by atoms with E-state index in [-0.39, 0.29) is 11.4 Å². The number of hydrogen-bond donors (Lipinski definition) is 2. The fourth-order valence-corrected chi connectivity index (χ4v) is 3.37. The second kappa shape index (κ2) is 8.32. The van der Waals surface area contributed by atoms with Gasteiger partial charge in [0.15, 0.2) is 11.2 Å². The number of nitrogens with two attached hydrogens (primary N) is 1. The molecule has 0 amide bonds. The molecule has 0 saturated heterocycles. The molecule has 0 unspecified atom stereocenters. The van der Waals surface area contributed by atoms with Crippen molar-refractivity contribution in [2.24, 2.45) is 10.7 Å². The number of H-pyrrole nitrogens is 1. The van der Waals surface area contributed by atoms with Crippen molar-refractivity contribution in [2.45, 2.75) is 26.3 Å². The van der Waals surface area contributed by atoms with E-state index in [0.29, 0.717) is 47.8 Å². The molecule has 0 aliphatic rings. The molecular weight excluding hydrogens is 385 g/mol. The van der Waals surface area contributed by atoms with E-state index < -0.39 is 0 Å². The van der Waals surface area contributed by atoms with Gasteiger partial charge in [0.25, 0.3) is 5.56 Å². The summed E-state index contributed by atoms with van der Waals surface area (Å²) in [5, 5.41) is 0. The lowest BCUT2D eigenvalue weighted by Crippen LogP contribution is -2.23. The van der Waals surface area contributed by atoms with Gasteiger partial charge in [0.1, 0.15) is 11.6 Å². The van der Waals surface area contributed by atoms with Crippen molar-refractivity contribution in [3.05, 3.63) is 70.4 Å². The van der Waals surface area contributed by atoms with Crippen molar-refractivity contribution >= 4 is 28.7 Å². The molecule has 0 bridgehead atoms. The average Bonchev–Trinajstić information content (AvgIpc) is 3.38. The Labute approximate surface area is 171 Å². The smallest absolute Gasteiger partial charge is 0.280 e. The molecule has 4 aromatic rings. The minimum atomic E-state index is -0.263. The van der Waals surface area contributed by atoms with Gasteiger partial charge in [0, 0.05) is 37.9 Å². The Morgan fingerprint density at radius 1 is 1.40 bits per heavy atom. The van der Waals surface area contributed by atoms with E-state index in [9.17, 15) is 9.18 Å². The fourth-order valence-electron chi connectivity index (χ4n) is 3.37. The van der Waals surface area contributed by atoms with Gasteiger partial charge in [-0.25, -0.2) is 14.4 Å². The maximum Gasteiger partial charge on any atom is 0.280 e. The van der Waals surface area contributed by atoms with Crippen LogP contribution >= 0.6 is 0 Å². The van der Waals surface area contributed by atoms with Gasteiger partial charge in [-0.15, -0.1) is 0 Å². The number of aliphatic imine (C=N–C) groups is 1. The quantitative estimate of drug-likeness (QED) is 0.459. The summed E-state index contributed by atoms with van der Waals surface area (Å²) in [6.45, 7) is 3.03. The third kappa shape index (κ3) is 3.61. The zero-order chi connectivity index (χ0) is 21.1. The molecule has 3 N–H and O–H groups in total. The molecule has 0 aliphatic heterocycles. The van der Waals surface area contributed by atoms with E-state index in [1.54, 1.807) is 33.6 Å². The molecule has 0 atom stereocenters. The largest absolute Gasteiger partial charge is 0.404 e. The van der Waals surface area contributed by atoms with Gasteiger partial charge in [0.05, 0.1) is 5.57 Å². The lowest BCUT2D eigenvalue weighted by Gasteiger charge is -2.05. The molecule has 3 heterocycles. The first-order valence-corrected chi connectivity index (χ1v) is 9.74. The van der Waals surface area contributed by atoms with Crippen molar-refractivity contribution in [3.63, 3.8) is 0 Å². The minimum absolute atomic E-state index is 0.177. The predicted octanol–water partition coefficient (Wildman–Crippen LogP) is 2.53. The molecule has 0 spiro atoms. The van der Waals surface area contributed by atoms with Crippen LogP contribution in [-0.4, -0.2) is 36.7 Å². The standard InChI is InChI=1S/C21H22FN7O/c1-2-9-29-20(30)17-19(28-10-8-25-21(28)29)27-18(26-17)15(12-23)13-24-7-6-14-4-3-5-16(22)11-14/h3-5,8,10-13H,2,6-7,9,23H2,1H3,(H,26,27). The monoisotopic (exact) mass is 407 g/mol. The van der Waals surface area contributed by atoms with Gasteiger partial charge in [-0.2, -0.15) is 0 Å². The second-order valence-electron chi connectivity index (χ2n) is 6.88. The maximum atomic E-state index is 13.3. The van der Waals surface area contributed by atoms with Gasteiger partial charge in [-0.1, -0.05) is 19.1 Å². The van der Waals surface area contributed by atoms with Crippen LogP contribution in [0.2, 0.25) is 0 Å². The Bertz CT molecular complexity index is 1310. The number of rotatable bonds is 7. The number of nitrogens with zero attached hydrogens (tertiary/aromatic N) is 5. The maximum absolute atomic E-state index is 13.3. The topological polar surface area (TPSA) is 106 Å². The predicted molar refractivity (Wildman–Crippen MR) is 115 cm³/mol. The molecule has 30 heavy (non-hydrogen) atoms. The van der Waals surface area contributed by atoms with E-state index in [1.807, 2.05) is 13.0 Å². The first kappa shape index (κ1) is 19.6. The Kier molecular flexibility index (Phi) is 5.42. The number of fused-ring (bicyclic) bond motifs is 3. The number of benzene rings is 1. The molecule has 3 aromatic heterocycles. The number of nitrogens with one attached hydrogen (secondary N) is 1. The normalized spacial score (nSPS) is 12.5. The van der Waals surface area contributed by atoms with Crippen LogP contribution in [0.5, 0.6) is 0 Å². The molecule has 154 valence electrons. The van der Waals surface area contributed by atoms with Crippen molar-refractivity contribution < 1.29 is 4.39 Å². The Morgan fingerprint density at radius 3 is 3.03 bits per heavy atom. The average molecular weight is 407 g/mol. The summed E-state index contributed by atoms with van der Waals surface area (Å²) in [6.07, 6.45) is 7.81. The third-order valence-electron chi connectivity index (χ3n) is 4.78. The second-order valence-corrected chi connectivity index (χ2v) is 6.88. The summed E-state index contributed by atoms with van der Waals surface area (Å²) in [7, 11) is 0. The zero-order valence-corrected chi connectivity index (χ0v) is 16.5. The number of aromatic nitrogens is 5. The number of aromatic amines is 1. The molecule has 0 saturated carbocycles. The van der Waals surface area contributed by atoms with E-state index in [2.05, 4.69) is 19.9 Å². The van der Waals surface area contributed by atoms with Gasteiger partial charge in [0.2, 0.25) is 5.78 Å². The summed E-state index contributed by atoms with van der Waals surface area (Å²) < 4.78 is 16.7. The number of allylic oxidation sites excluding steroid dienone is 1. The highest BCUT2D eigenvalue weighted by Crippen LogP contribution is 2.15. The van der Waals surface area contributed by atoms with Crippen LogP contribution in [0.1, 0.15) is 24.7 Å². The Hall–Kier alpha value is -3.75. The highest BCUT2D eigenvalue weighted by Gasteiger charge is 2.16. The molecule has 9 heteroatoms. The highest BCUT2D eigenvalue weighted by molar-refractivity contribution is 6.08. The van der Waals surface area contributed by atoms with Crippen LogP contribution in [0.3, 0.4) is 0 Å². The van der Waals surface area contributed by atoms with Crippen LogP contribution < -0.4 is 11.3 Å². The molecule has 1 aromatic carbocycles. The molecular formula is C21H22FN7O. The Balaban J connectivity index is 1.63. The SMILES string of the molecule is CCCn1c(=O)c2[nH]c(C(C=NCCc3cccc(F)c3)=CN)nc2n2ccnc12. The lowest BCUT2D eigenvalue weighted by molar-refractivity contribution is 0.625. The summed E-state index contributed by atoms with van der Waals surface area (Å²) in [4.78, 5) is 29.2. The van der Waals surface area contributed by atoms with Crippen LogP contribution in [-0.2, 0) is 13.0 Å². The number of halogens is 1. The summed E-state index contributed by atoms with van der Waals surface area (Å²) in [5.41, 5.74) is 7.90. The minimum Gasteiger partial charge on any atom is -0.404 e. The number of hydrogen-bond acceptors (Lipinski definition) is 5. The van der Waals surface area contributed by atoms with E-state index in [1.165, 1.54) is 18.3 Å². The first-order valence-electron chi connectivity index (χ1n) is 9.74. The van der Waals surface area contributed by atoms with Crippen LogP contribution in [0.4, 0.5) is 4.39 Å². The summed E-state index contributed by atoms with van der Waals surface area (Å²) >= 11 is 0. The van der Waals surface area contributed by atoms with Crippen molar-refractivity contribution in [1.82, 2.24) is 23.9 Å². The lowest BCUT2D eigenvalue weighted by atomic mass is 10.1. The van der Waals surface area contributed by atoms with Gasteiger partial charge >= 0.3 is 0 Å². The van der Waals surface area contributed by atoms with Gasteiger partial charge in [-0.05, 0) is 30.5 Å². The van der Waals surface area contributed by atoms with E-state index in [4.69, 9.17) is 5.73 Å².